The number of nitrogens with one attached hydrogen (secondary N) is 2. The molecule has 7 heteroatoms. The van der Waals surface area contributed by atoms with Crippen LogP contribution >= 0.6 is 12.4 Å². The summed E-state index contributed by atoms with van der Waals surface area (Å²) < 4.78 is 5.80. The lowest BCUT2D eigenvalue weighted by Crippen LogP contribution is -2.31. The van der Waals surface area contributed by atoms with Gasteiger partial charge in [0.15, 0.2) is 0 Å². The van der Waals surface area contributed by atoms with Gasteiger partial charge in [-0.15, -0.1) is 12.4 Å². The SMILES string of the molecule is Cl.Nc1ccc2c(c1)CCCC2NC(=O)CCCOc1ccc2c(c1)CCC(=O)N2. The van der Waals surface area contributed by atoms with E-state index < -0.39 is 0 Å². The summed E-state index contributed by atoms with van der Waals surface area (Å²) >= 11 is 0. The Labute approximate surface area is 183 Å². The molecule has 1 aliphatic carbocycles. The van der Waals surface area contributed by atoms with Gasteiger partial charge in [0.25, 0.3) is 0 Å². The average Bonchev–Trinajstić information content (AvgIpc) is 2.71. The molecule has 0 saturated carbocycles. The van der Waals surface area contributed by atoms with E-state index in [2.05, 4.69) is 10.6 Å². The lowest BCUT2D eigenvalue weighted by atomic mass is 9.87. The fourth-order valence-corrected chi connectivity index (χ4v) is 4.12. The quantitative estimate of drug-likeness (QED) is 0.479. The number of hydrogen-bond acceptors (Lipinski definition) is 4. The van der Waals surface area contributed by atoms with Gasteiger partial charge >= 0.3 is 0 Å². The fourth-order valence-electron chi connectivity index (χ4n) is 4.12. The van der Waals surface area contributed by atoms with Crippen LogP contribution in [0.25, 0.3) is 0 Å². The molecule has 0 aromatic heterocycles. The van der Waals surface area contributed by atoms with Crippen LogP contribution in [-0.2, 0) is 22.4 Å². The smallest absolute Gasteiger partial charge is 0.224 e. The number of anilines is 2. The Morgan fingerprint density at radius 2 is 2.00 bits per heavy atom. The van der Waals surface area contributed by atoms with E-state index in [0.717, 1.165) is 48.4 Å². The number of rotatable bonds is 6. The van der Waals surface area contributed by atoms with E-state index in [1.807, 2.05) is 36.4 Å². The van der Waals surface area contributed by atoms with Crippen LogP contribution in [0.2, 0.25) is 0 Å². The lowest BCUT2D eigenvalue weighted by molar-refractivity contribution is -0.122. The van der Waals surface area contributed by atoms with E-state index in [4.69, 9.17) is 10.5 Å². The minimum atomic E-state index is 0. The van der Waals surface area contributed by atoms with Gasteiger partial charge in [-0.25, -0.2) is 0 Å². The van der Waals surface area contributed by atoms with Crippen LogP contribution in [0, 0.1) is 0 Å². The van der Waals surface area contributed by atoms with Crippen molar-refractivity contribution in [2.45, 2.75) is 51.0 Å². The van der Waals surface area contributed by atoms with Crippen LogP contribution in [0.5, 0.6) is 5.75 Å². The number of ether oxygens (including phenoxy) is 1. The molecule has 4 rings (SSSR count). The van der Waals surface area contributed by atoms with Gasteiger partial charge in [-0.3, -0.25) is 9.59 Å². The number of carbonyl (C=O) groups excluding carboxylic acids is 2. The van der Waals surface area contributed by atoms with Crippen molar-refractivity contribution in [3.8, 4) is 5.75 Å². The molecular formula is C23H28ClN3O3. The van der Waals surface area contributed by atoms with Crippen molar-refractivity contribution in [2.75, 3.05) is 17.7 Å². The first-order valence-corrected chi connectivity index (χ1v) is 10.3. The number of amides is 2. The summed E-state index contributed by atoms with van der Waals surface area (Å²) in [5.41, 5.74) is 11.0. The summed E-state index contributed by atoms with van der Waals surface area (Å²) in [5.74, 6) is 0.886. The van der Waals surface area contributed by atoms with Crippen LogP contribution in [0.1, 0.15) is 54.8 Å². The average molecular weight is 430 g/mol. The Hall–Kier alpha value is -2.73. The topological polar surface area (TPSA) is 93.4 Å². The Bertz CT molecular complexity index is 932. The monoisotopic (exact) mass is 429 g/mol. The van der Waals surface area contributed by atoms with Crippen molar-refractivity contribution in [1.82, 2.24) is 5.32 Å². The third-order valence-electron chi connectivity index (χ3n) is 5.61. The number of nitrogen functional groups attached to an aromatic ring is 1. The molecule has 0 spiro atoms. The predicted octanol–water partition coefficient (Wildman–Crippen LogP) is 3.93. The van der Waals surface area contributed by atoms with Gasteiger partial charge in [0.1, 0.15) is 5.75 Å². The van der Waals surface area contributed by atoms with Crippen LogP contribution < -0.4 is 21.1 Å². The number of carbonyl (C=O) groups is 2. The number of nitrogens with two attached hydrogens (primary N) is 1. The van der Waals surface area contributed by atoms with E-state index in [1.54, 1.807) is 0 Å². The van der Waals surface area contributed by atoms with Gasteiger partial charge in [-0.05, 0) is 79.1 Å². The molecule has 0 radical (unpaired) electrons. The highest BCUT2D eigenvalue weighted by atomic mass is 35.5. The Morgan fingerprint density at radius 1 is 1.13 bits per heavy atom. The number of benzene rings is 2. The van der Waals surface area contributed by atoms with E-state index in [0.29, 0.717) is 25.9 Å². The summed E-state index contributed by atoms with van der Waals surface area (Å²) in [7, 11) is 0. The van der Waals surface area contributed by atoms with Crippen molar-refractivity contribution in [3.63, 3.8) is 0 Å². The van der Waals surface area contributed by atoms with Crippen LogP contribution in [-0.4, -0.2) is 18.4 Å². The number of halogens is 1. The van der Waals surface area contributed by atoms with Crippen LogP contribution in [0.4, 0.5) is 11.4 Å². The molecule has 2 amide bonds. The second kappa shape index (κ2) is 9.85. The van der Waals surface area contributed by atoms with Crippen molar-refractivity contribution in [3.05, 3.63) is 53.1 Å². The zero-order chi connectivity index (χ0) is 20.2. The third-order valence-corrected chi connectivity index (χ3v) is 5.61. The molecule has 1 heterocycles. The molecule has 0 bridgehead atoms. The Morgan fingerprint density at radius 3 is 2.87 bits per heavy atom. The highest BCUT2D eigenvalue weighted by Gasteiger charge is 2.21. The van der Waals surface area contributed by atoms with Crippen molar-refractivity contribution < 1.29 is 14.3 Å². The second-order valence-electron chi connectivity index (χ2n) is 7.79. The lowest BCUT2D eigenvalue weighted by Gasteiger charge is -2.26. The molecular weight excluding hydrogens is 402 g/mol. The summed E-state index contributed by atoms with van der Waals surface area (Å²) in [5, 5.41) is 6.03. The minimum absolute atomic E-state index is 0. The summed E-state index contributed by atoms with van der Waals surface area (Å²) in [6.45, 7) is 0.482. The molecule has 30 heavy (non-hydrogen) atoms. The van der Waals surface area contributed by atoms with E-state index in [-0.39, 0.29) is 30.3 Å². The molecule has 1 unspecified atom stereocenters. The molecule has 2 aromatic carbocycles. The molecule has 1 atom stereocenters. The first-order valence-electron chi connectivity index (χ1n) is 10.3. The summed E-state index contributed by atoms with van der Waals surface area (Å²) in [6.07, 6.45) is 5.37. The largest absolute Gasteiger partial charge is 0.494 e. The van der Waals surface area contributed by atoms with Gasteiger partial charge in [0, 0.05) is 24.2 Å². The van der Waals surface area contributed by atoms with Crippen molar-refractivity contribution in [2.24, 2.45) is 0 Å². The Balaban J connectivity index is 0.00000256. The van der Waals surface area contributed by atoms with Crippen LogP contribution in [0.15, 0.2) is 36.4 Å². The van der Waals surface area contributed by atoms with Crippen LogP contribution in [0.3, 0.4) is 0 Å². The van der Waals surface area contributed by atoms with Gasteiger partial charge < -0.3 is 21.1 Å². The second-order valence-corrected chi connectivity index (χ2v) is 7.79. The number of fused-ring (bicyclic) bond motifs is 2. The molecule has 2 aromatic rings. The molecule has 2 aliphatic rings. The normalized spacial score (nSPS) is 17.1. The standard InChI is InChI=1S/C23H27N3O3.ClH/c24-17-7-9-19-15(13-17)3-1-4-21(19)26-22(27)5-2-12-29-18-8-10-20-16(14-18)6-11-23(28)25-20;/h7-10,13-14,21H,1-6,11-12,24H2,(H,25,28)(H,26,27);1H. The van der Waals surface area contributed by atoms with E-state index >= 15 is 0 Å². The van der Waals surface area contributed by atoms with E-state index in [9.17, 15) is 9.59 Å². The first-order chi connectivity index (χ1) is 14.1. The molecule has 4 N–H and O–H groups in total. The first kappa shape index (κ1) is 22.0. The van der Waals surface area contributed by atoms with Crippen molar-refractivity contribution >= 4 is 35.6 Å². The summed E-state index contributed by atoms with van der Waals surface area (Å²) in [6, 6.07) is 11.7. The molecule has 1 aliphatic heterocycles. The van der Waals surface area contributed by atoms with E-state index in [1.165, 1.54) is 11.1 Å². The highest BCUT2D eigenvalue weighted by molar-refractivity contribution is 5.94. The predicted molar refractivity (Wildman–Crippen MR) is 120 cm³/mol. The zero-order valence-corrected chi connectivity index (χ0v) is 17.7. The summed E-state index contributed by atoms with van der Waals surface area (Å²) in [4.78, 5) is 23.8. The van der Waals surface area contributed by atoms with Gasteiger partial charge in [-0.1, -0.05) is 6.07 Å². The molecule has 0 fully saturated rings. The number of hydrogen-bond donors (Lipinski definition) is 3. The highest BCUT2D eigenvalue weighted by Crippen LogP contribution is 2.31. The minimum Gasteiger partial charge on any atom is -0.494 e. The zero-order valence-electron chi connectivity index (χ0n) is 16.9. The van der Waals surface area contributed by atoms with Gasteiger partial charge in [0.2, 0.25) is 11.8 Å². The Kier molecular flexibility index (Phi) is 7.21. The van der Waals surface area contributed by atoms with Gasteiger partial charge in [0.05, 0.1) is 12.6 Å². The fraction of sp³-hybridized carbons (Fsp3) is 0.391. The maximum atomic E-state index is 12.4. The van der Waals surface area contributed by atoms with Crippen molar-refractivity contribution in [1.29, 1.82) is 0 Å². The maximum Gasteiger partial charge on any atom is 0.224 e. The maximum absolute atomic E-state index is 12.4. The molecule has 0 saturated heterocycles. The number of aryl methyl sites for hydroxylation is 2. The molecule has 6 nitrogen and oxygen atoms in total. The van der Waals surface area contributed by atoms with Gasteiger partial charge in [-0.2, -0.15) is 0 Å². The third kappa shape index (κ3) is 5.25. The molecule has 160 valence electrons.